The van der Waals surface area contributed by atoms with Crippen LogP contribution < -0.4 is 5.32 Å². The lowest BCUT2D eigenvalue weighted by Gasteiger charge is -2.32. The summed E-state index contributed by atoms with van der Waals surface area (Å²) in [4.78, 5) is 2.48. The van der Waals surface area contributed by atoms with Crippen LogP contribution in [0.3, 0.4) is 0 Å². The molecular weight excluding hydrogens is 238 g/mol. The highest BCUT2D eigenvalue weighted by atomic mass is 35.5. The van der Waals surface area contributed by atoms with Crippen LogP contribution in [0, 0.1) is 13.8 Å². The van der Waals surface area contributed by atoms with E-state index in [1.165, 1.54) is 24.9 Å². The van der Waals surface area contributed by atoms with Crippen molar-refractivity contribution in [1.82, 2.24) is 15.4 Å². The maximum atomic E-state index is 5.20. The number of likely N-dealkylation sites (tertiary alicyclic amines) is 1. The van der Waals surface area contributed by atoms with E-state index in [1.807, 2.05) is 20.9 Å². The summed E-state index contributed by atoms with van der Waals surface area (Å²) in [6.07, 6.45) is 2.56. The molecule has 0 aromatic carbocycles. The van der Waals surface area contributed by atoms with Gasteiger partial charge in [0.25, 0.3) is 0 Å². The van der Waals surface area contributed by atoms with Crippen LogP contribution in [0.2, 0.25) is 0 Å². The molecular formula is C12H22ClN3O. The Morgan fingerprint density at radius 1 is 1.47 bits per heavy atom. The molecule has 0 saturated carbocycles. The van der Waals surface area contributed by atoms with Gasteiger partial charge in [0.05, 0.1) is 5.69 Å². The Balaban J connectivity index is 0.00000144. The Morgan fingerprint density at radius 2 is 2.24 bits per heavy atom. The Labute approximate surface area is 109 Å². The van der Waals surface area contributed by atoms with Gasteiger partial charge in [0.1, 0.15) is 5.76 Å². The first kappa shape index (κ1) is 14.5. The number of aryl methyl sites for hydroxylation is 2. The SMILES string of the molecule is CNC1CCCN(Cc2c(C)noc2C)C1.Cl. The van der Waals surface area contributed by atoms with Crippen molar-refractivity contribution in [3.63, 3.8) is 0 Å². The molecule has 0 bridgehead atoms. The number of hydrogen-bond acceptors (Lipinski definition) is 4. The quantitative estimate of drug-likeness (QED) is 0.900. The van der Waals surface area contributed by atoms with Gasteiger partial charge in [0.2, 0.25) is 0 Å². The number of aromatic nitrogens is 1. The Bertz CT molecular complexity index is 334. The van der Waals surface area contributed by atoms with E-state index in [1.54, 1.807) is 0 Å². The van der Waals surface area contributed by atoms with Gasteiger partial charge in [0, 0.05) is 24.7 Å². The second kappa shape index (κ2) is 6.38. The predicted molar refractivity (Wildman–Crippen MR) is 70.6 cm³/mol. The highest BCUT2D eigenvalue weighted by Crippen LogP contribution is 2.18. The minimum atomic E-state index is 0. The molecule has 1 fully saturated rings. The number of halogens is 1. The lowest BCUT2D eigenvalue weighted by Crippen LogP contribution is -2.43. The standard InChI is InChI=1S/C12H21N3O.ClH/c1-9-12(10(2)16-14-9)8-15-6-4-5-11(7-15)13-3;/h11,13H,4-8H2,1-3H3;1H. The normalized spacial score (nSPS) is 21.2. The second-order valence-electron chi connectivity index (χ2n) is 4.67. The third-order valence-electron chi connectivity index (χ3n) is 3.48. The monoisotopic (exact) mass is 259 g/mol. The molecule has 2 rings (SSSR count). The first-order valence-electron chi connectivity index (χ1n) is 6.02. The topological polar surface area (TPSA) is 41.3 Å². The van der Waals surface area contributed by atoms with Crippen molar-refractivity contribution < 1.29 is 4.52 Å². The van der Waals surface area contributed by atoms with E-state index in [2.05, 4.69) is 15.4 Å². The molecule has 0 aliphatic carbocycles. The Kier molecular flexibility index (Phi) is 5.43. The van der Waals surface area contributed by atoms with Crippen LogP contribution in [0.4, 0.5) is 0 Å². The summed E-state index contributed by atoms with van der Waals surface area (Å²) in [5.41, 5.74) is 2.29. The average molecular weight is 260 g/mol. The van der Waals surface area contributed by atoms with E-state index in [9.17, 15) is 0 Å². The minimum Gasteiger partial charge on any atom is -0.361 e. The number of rotatable bonds is 3. The molecule has 1 aromatic heterocycles. The van der Waals surface area contributed by atoms with Crippen LogP contribution in [0.5, 0.6) is 0 Å². The van der Waals surface area contributed by atoms with Crippen LogP contribution in [0.1, 0.15) is 29.9 Å². The molecule has 0 amide bonds. The van der Waals surface area contributed by atoms with E-state index in [0.29, 0.717) is 6.04 Å². The molecule has 1 unspecified atom stereocenters. The second-order valence-corrected chi connectivity index (χ2v) is 4.67. The number of likely N-dealkylation sites (N-methyl/N-ethyl adjacent to an activating group) is 1. The van der Waals surface area contributed by atoms with E-state index >= 15 is 0 Å². The first-order valence-corrected chi connectivity index (χ1v) is 6.02. The van der Waals surface area contributed by atoms with Crippen molar-refractivity contribution in [2.24, 2.45) is 0 Å². The fourth-order valence-corrected chi connectivity index (χ4v) is 2.39. The number of hydrogen-bond donors (Lipinski definition) is 1. The van der Waals surface area contributed by atoms with Gasteiger partial charge in [0.15, 0.2) is 0 Å². The summed E-state index contributed by atoms with van der Waals surface area (Å²) >= 11 is 0. The number of nitrogens with one attached hydrogen (secondary N) is 1. The van der Waals surface area contributed by atoms with Gasteiger partial charge in [-0.15, -0.1) is 12.4 Å². The van der Waals surface area contributed by atoms with Crippen molar-refractivity contribution in [3.05, 3.63) is 17.0 Å². The molecule has 98 valence electrons. The molecule has 1 saturated heterocycles. The highest BCUT2D eigenvalue weighted by molar-refractivity contribution is 5.85. The molecule has 1 N–H and O–H groups in total. The number of piperidine rings is 1. The highest BCUT2D eigenvalue weighted by Gasteiger charge is 2.20. The van der Waals surface area contributed by atoms with Crippen molar-refractivity contribution in [2.45, 2.75) is 39.3 Å². The molecule has 5 heteroatoms. The van der Waals surface area contributed by atoms with Gasteiger partial charge in [-0.25, -0.2) is 0 Å². The fraction of sp³-hybridized carbons (Fsp3) is 0.750. The largest absolute Gasteiger partial charge is 0.361 e. The van der Waals surface area contributed by atoms with Crippen molar-refractivity contribution in [3.8, 4) is 0 Å². The summed E-state index contributed by atoms with van der Waals surface area (Å²) in [5.74, 6) is 0.962. The van der Waals surface area contributed by atoms with Crippen LogP contribution in [-0.4, -0.2) is 36.2 Å². The third kappa shape index (κ3) is 3.44. The lowest BCUT2D eigenvalue weighted by atomic mass is 10.0. The minimum absolute atomic E-state index is 0. The predicted octanol–water partition coefficient (Wildman–Crippen LogP) is 1.90. The van der Waals surface area contributed by atoms with Crippen molar-refractivity contribution in [1.29, 1.82) is 0 Å². The van der Waals surface area contributed by atoms with Crippen LogP contribution in [0.25, 0.3) is 0 Å². The summed E-state index contributed by atoms with van der Waals surface area (Å²) in [7, 11) is 2.05. The van der Waals surface area contributed by atoms with Gasteiger partial charge >= 0.3 is 0 Å². The van der Waals surface area contributed by atoms with Gasteiger partial charge in [-0.2, -0.15) is 0 Å². The van der Waals surface area contributed by atoms with Crippen LogP contribution in [0.15, 0.2) is 4.52 Å². The third-order valence-corrected chi connectivity index (χ3v) is 3.48. The molecule has 17 heavy (non-hydrogen) atoms. The molecule has 1 aliphatic rings. The average Bonchev–Trinajstić information content (AvgIpc) is 2.61. The molecule has 2 heterocycles. The molecule has 0 spiro atoms. The van der Waals surface area contributed by atoms with E-state index in [0.717, 1.165) is 24.5 Å². The van der Waals surface area contributed by atoms with Gasteiger partial charge < -0.3 is 9.84 Å². The molecule has 1 atom stereocenters. The number of nitrogens with zero attached hydrogens (tertiary/aromatic N) is 2. The summed E-state index contributed by atoms with van der Waals surface area (Å²) < 4.78 is 5.20. The maximum absolute atomic E-state index is 5.20. The van der Waals surface area contributed by atoms with E-state index in [-0.39, 0.29) is 12.4 Å². The zero-order valence-electron chi connectivity index (χ0n) is 10.8. The van der Waals surface area contributed by atoms with Crippen molar-refractivity contribution >= 4 is 12.4 Å². The molecule has 4 nitrogen and oxygen atoms in total. The van der Waals surface area contributed by atoms with E-state index < -0.39 is 0 Å². The maximum Gasteiger partial charge on any atom is 0.138 e. The van der Waals surface area contributed by atoms with E-state index in [4.69, 9.17) is 4.52 Å². The lowest BCUT2D eigenvalue weighted by molar-refractivity contribution is 0.187. The zero-order chi connectivity index (χ0) is 11.5. The smallest absolute Gasteiger partial charge is 0.138 e. The van der Waals surface area contributed by atoms with Crippen molar-refractivity contribution in [2.75, 3.05) is 20.1 Å². The summed E-state index contributed by atoms with van der Waals surface area (Å²) in [6, 6.07) is 0.634. The zero-order valence-corrected chi connectivity index (χ0v) is 11.6. The van der Waals surface area contributed by atoms with Gasteiger partial charge in [-0.05, 0) is 40.3 Å². The molecule has 0 radical (unpaired) electrons. The van der Waals surface area contributed by atoms with Crippen LogP contribution in [-0.2, 0) is 6.54 Å². The first-order chi connectivity index (χ1) is 7.70. The summed E-state index contributed by atoms with van der Waals surface area (Å²) in [5, 5.41) is 7.37. The Morgan fingerprint density at radius 3 is 2.82 bits per heavy atom. The fourth-order valence-electron chi connectivity index (χ4n) is 2.39. The Hall–Kier alpha value is -0.580. The molecule has 1 aliphatic heterocycles. The van der Waals surface area contributed by atoms with Gasteiger partial charge in [-0.3, -0.25) is 4.90 Å². The molecule has 1 aromatic rings. The van der Waals surface area contributed by atoms with Gasteiger partial charge in [-0.1, -0.05) is 5.16 Å². The van der Waals surface area contributed by atoms with Crippen LogP contribution >= 0.6 is 12.4 Å². The summed E-state index contributed by atoms with van der Waals surface area (Å²) in [6.45, 7) is 7.29.